The Morgan fingerprint density at radius 1 is 1.12 bits per heavy atom. The second-order valence-corrected chi connectivity index (χ2v) is 6.47. The molecule has 0 aliphatic heterocycles. The molecule has 0 bridgehead atoms. The summed E-state index contributed by atoms with van der Waals surface area (Å²) in [6.45, 7) is 1.29. The normalized spacial score (nSPS) is 10.3. The summed E-state index contributed by atoms with van der Waals surface area (Å²) >= 11 is 7.28. The van der Waals surface area contributed by atoms with Gasteiger partial charge >= 0.3 is 0 Å². The average Bonchev–Trinajstić information content (AvgIpc) is 2.52. The van der Waals surface area contributed by atoms with Gasteiger partial charge in [-0.15, -0.1) is 11.8 Å². The van der Waals surface area contributed by atoms with Gasteiger partial charge in [0.15, 0.2) is 0 Å². The van der Waals surface area contributed by atoms with E-state index in [-0.39, 0.29) is 23.3 Å². The van der Waals surface area contributed by atoms with Crippen molar-refractivity contribution in [2.75, 3.05) is 16.4 Å². The van der Waals surface area contributed by atoms with Gasteiger partial charge < -0.3 is 10.6 Å². The van der Waals surface area contributed by atoms with E-state index in [2.05, 4.69) is 10.6 Å². The summed E-state index contributed by atoms with van der Waals surface area (Å²) in [5, 5.41) is 5.73. The van der Waals surface area contributed by atoms with Crippen molar-refractivity contribution >= 4 is 46.6 Å². The van der Waals surface area contributed by atoms with E-state index in [1.54, 1.807) is 12.1 Å². The van der Waals surface area contributed by atoms with E-state index in [0.29, 0.717) is 16.5 Å². The van der Waals surface area contributed by atoms with Crippen LogP contribution in [0.4, 0.5) is 15.8 Å². The van der Waals surface area contributed by atoms with Gasteiger partial charge in [0.2, 0.25) is 11.8 Å². The molecule has 0 atom stereocenters. The molecule has 0 aliphatic rings. The van der Waals surface area contributed by atoms with Crippen LogP contribution in [0.1, 0.15) is 12.5 Å². The second kappa shape index (κ2) is 8.70. The Balaban J connectivity index is 1.85. The van der Waals surface area contributed by atoms with E-state index in [0.717, 1.165) is 5.56 Å². The summed E-state index contributed by atoms with van der Waals surface area (Å²) in [6, 6.07) is 11.5. The largest absolute Gasteiger partial charge is 0.325 e. The maximum absolute atomic E-state index is 13.5. The molecule has 126 valence electrons. The summed E-state index contributed by atoms with van der Waals surface area (Å²) in [4.78, 5) is 23.0. The molecule has 2 amide bonds. The highest BCUT2D eigenvalue weighted by Gasteiger charge is 2.08. The van der Waals surface area contributed by atoms with Crippen LogP contribution in [0.15, 0.2) is 42.5 Å². The number of hydrogen-bond acceptors (Lipinski definition) is 3. The first kappa shape index (κ1) is 18.3. The molecule has 0 aromatic heterocycles. The molecule has 0 spiro atoms. The Morgan fingerprint density at radius 2 is 1.83 bits per heavy atom. The van der Waals surface area contributed by atoms with E-state index in [4.69, 9.17) is 11.6 Å². The number of carbonyl (C=O) groups is 2. The van der Waals surface area contributed by atoms with Crippen LogP contribution in [0.2, 0.25) is 5.02 Å². The topological polar surface area (TPSA) is 58.2 Å². The minimum Gasteiger partial charge on any atom is -0.325 e. The smallest absolute Gasteiger partial charge is 0.234 e. The zero-order chi connectivity index (χ0) is 17.5. The maximum Gasteiger partial charge on any atom is 0.234 e. The van der Waals surface area contributed by atoms with Crippen molar-refractivity contribution in [3.8, 4) is 0 Å². The third kappa shape index (κ3) is 5.86. The van der Waals surface area contributed by atoms with Crippen molar-refractivity contribution in [2.45, 2.75) is 12.7 Å². The van der Waals surface area contributed by atoms with E-state index in [1.807, 2.05) is 12.1 Å². The summed E-state index contributed by atoms with van der Waals surface area (Å²) in [5.74, 6) is -0.189. The van der Waals surface area contributed by atoms with Gasteiger partial charge in [-0.3, -0.25) is 9.59 Å². The van der Waals surface area contributed by atoms with Gasteiger partial charge in [0.1, 0.15) is 5.82 Å². The van der Waals surface area contributed by atoms with Crippen LogP contribution in [0, 0.1) is 5.82 Å². The van der Waals surface area contributed by atoms with Gasteiger partial charge in [0.25, 0.3) is 0 Å². The van der Waals surface area contributed by atoms with Crippen LogP contribution in [0.5, 0.6) is 0 Å². The highest BCUT2D eigenvalue weighted by molar-refractivity contribution is 7.99. The van der Waals surface area contributed by atoms with Crippen LogP contribution in [0.25, 0.3) is 0 Å². The number of rotatable bonds is 6. The van der Waals surface area contributed by atoms with Gasteiger partial charge in [0.05, 0.1) is 11.4 Å². The standard InChI is InChI=1S/C17H16ClFN2O2S/c1-11(22)20-16-8-14(6-7-15(16)19)21-17(23)10-24-9-12-2-4-13(18)5-3-12/h2-8H,9-10H2,1H3,(H,20,22)(H,21,23). The number of hydrogen-bond donors (Lipinski definition) is 2. The molecule has 2 rings (SSSR count). The lowest BCUT2D eigenvalue weighted by molar-refractivity contribution is -0.114. The number of amides is 2. The minimum atomic E-state index is -0.555. The first-order valence-corrected chi connectivity index (χ1v) is 8.66. The predicted octanol–water partition coefficient (Wildman–Crippen LogP) is 4.31. The molecule has 4 nitrogen and oxygen atoms in total. The Labute approximate surface area is 148 Å². The minimum absolute atomic E-state index is 0.0362. The molecular weight excluding hydrogens is 351 g/mol. The molecule has 7 heteroatoms. The zero-order valence-electron chi connectivity index (χ0n) is 12.9. The molecule has 0 aliphatic carbocycles. The molecule has 0 radical (unpaired) electrons. The lowest BCUT2D eigenvalue weighted by atomic mass is 10.2. The van der Waals surface area contributed by atoms with Crippen LogP contribution in [-0.4, -0.2) is 17.6 Å². The van der Waals surface area contributed by atoms with Crippen molar-refractivity contribution in [1.29, 1.82) is 0 Å². The van der Waals surface area contributed by atoms with Gasteiger partial charge in [0, 0.05) is 23.4 Å². The number of anilines is 2. The molecular formula is C17H16ClFN2O2S. The Bertz CT molecular complexity index is 738. The van der Waals surface area contributed by atoms with Crippen molar-refractivity contribution in [2.24, 2.45) is 0 Å². The summed E-state index contributed by atoms with van der Waals surface area (Å²) in [6.07, 6.45) is 0. The molecule has 2 aromatic carbocycles. The van der Waals surface area contributed by atoms with Crippen molar-refractivity contribution in [1.82, 2.24) is 0 Å². The van der Waals surface area contributed by atoms with E-state index in [9.17, 15) is 14.0 Å². The zero-order valence-corrected chi connectivity index (χ0v) is 14.5. The lowest BCUT2D eigenvalue weighted by Crippen LogP contribution is -2.15. The number of carbonyl (C=O) groups excluding carboxylic acids is 2. The highest BCUT2D eigenvalue weighted by Crippen LogP contribution is 2.20. The fourth-order valence-electron chi connectivity index (χ4n) is 1.93. The quantitative estimate of drug-likeness (QED) is 0.800. The molecule has 24 heavy (non-hydrogen) atoms. The Kier molecular flexibility index (Phi) is 6.63. The summed E-state index contributed by atoms with van der Waals surface area (Å²) < 4.78 is 13.5. The fraction of sp³-hybridized carbons (Fsp3) is 0.176. The van der Waals surface area contributed by atoms with Gasteiger partial charge in [-0.2, -0.15) is 0 Å². The molecule has 0 saturated heterocycles. The monoisotopic (exact) mass is 366 g/mol. The fourth-order valence-corrected chi connectivity index (χ4v) is 2.84. The number of benzene rings is 2. The average molecular weight is 367 g/mol. The number of nitrogens with one attached hydrogen (secondary N) is 2. The van der Waals surface area contributed by atoms with Crippen LogP contribution in [-0.2, 0) is 15.3 Å². The van der Waals surface area contributed by atoms with Crippen molar-refractivity contribution in [3.05, 3.63) is 58.9 Å². The van der Waals surface area contributed by atoms with E-state index >= 15 is 0 Å². The number of halogens is 2. The van der Waals surface area contributed by atoms with Gasteiger partial charge in [-0.25, -0.2) is 4.39 Å². The van der Waals surface area contributed by atoms with E-state index in [1.165, 1.54) is 36.9 Å². The maximum atomic E-state index is 13.5. The van der Waals surface area contributed by atoms with Gasteiger partial charge in [-0.05, 0) is 35.9 Å². The van der Waals surface area contributed by atoms with E-state index < -0.39 is 5.82 Å². The molecule has 2 N–H and O–H groups in total. The molecule has 0 unspecified atom stereocenters. The second-order valence-electron chi connectivity index (χ2n) is 5.04. The van der Waals surface area contributed by atoms with Crippen LogP contribution < -0.4 is 10.6 Å². The van der Waals surface area contributed by atoms with Crippen molar-refractivity contribution in [3.63, 3.8) is 0 Å². The van der Waals surface area contributed by atoms with Crippen LogP contribution in [0.3, 0.4) is 0 Å². The lowest BCUT2D eigenvalue weighted by Gasteiger charge is -2.09. The Morgan fingerprint density at radius 3 is 2.50 bits per heavy atom. The highest BCUT2D eigenvalue weighted by atomic mass is 35.5. The summed E-state index contributed by atoms with van der Waals surface area (Å²) in [7, 11) is 0. The molecule has 2 aromatic rings. The third-order valence-corrected chi connectivity index (χ3v) is 4.23. The Hall–Kier alpha value is -2.05. The SMILES string of the molecule is CC(=O)Nc1cc(NC(=O)CSCc2ccc(Cl)cc2)ccc1F. The van der Waals surface area contributed by atoms with Crippen molar-refractivity contribution < 1.29 is 14.0 Å². The molecule has 0 fully saturated rings. The van der Waals surface area contributed by atoms with Gasteiger partial charge in [-0.1, -0.05) is 23.7 Å². The first-order valence-electron chi connectivity index (χ1n) is 7.13. The molecule has 0 saturated carbocycles. The molecule has 0 heterocycles. The first-order chi connectivity index (χ1) is 11.4. The predicted molar refractivity (Wildman–Crippen MR) is 96.9 cm³/mol. The van der Waals surface area contributed by atoms with Crippen LogP contribution >= 0.6 is 23.4 Å². The summed E-state index contributed by atoms with van der Waals surface area (Å²) in [5.41, 5.74) is 1.54. The third-order valence-electron chi connectivity index (χ3n) is 2.98. The number of thioether (sulfide) groups is 1.